The van der Waals surface area contributed by atoms with Crippen molar-refractivity contribution in [2.75, 3.05) is 0 Å². The smallest absolute Gasteiger partial charge is 0.303 e. The Morgan fingerprint density at radius 1 is 1.16 bits per heavy atom. The number of carboxylic acid groups (broad SMARTS) is 1. The lowest BCUT2D eigenvalue weighted by Gasteiger charge is -2.19. The summed E-state index contributed by atoms with van der Waals surface area (Å²) in [5, 5.41) is 29.2. The van der Waals surface area contributed by atoms with E-state index in [-0.39, 0.29) is 24.5 Å². The van der Waals surface area contributed by atoms with Crippen molar-refractivity contribution < 1.29 is 20.1 Å². The number of rotatable bonds is 11. The fraction of sp³-hybridized carbons (Fsp3) is 0.857. The van der Waals surface area contributed by atoms with Gasteiger partial charge >= 0.3 is 5.97 Å². The van der Waals surface area contributed by atoms with E-state index in [0.29, 0.717) is 17.8 Å². The van der Waals surface area contributed by atoms with Gasteiger partial charge < -0.3 is 15.3 Å². The predicted molar refractivity (Wildman–Crippen MR) is 99.2 cm³/mol. The topological polar surface area (TPSA) is 77.8 Å². The highest BCUT2D eigenvalue weighted by molar-refractivity contribution is 5.66. The number of hydrogen-bond donors (Lipinski definition) is 3. The summed E-state index contributed by atoms with van der Waals surface area (Å²) in [5.41, 5.74) is 0. The van der Waals surface area contributed by atoms with Gasteiger partial charge in [0.1, 0.15) is 0 Å². The number of aliphatic hydroxyl groups excluding tert-OH is 2. The van der Waals surface area contributed by atoms with Crippen LogP contribution >= 0.6 is 0 Å². The predicted octanol–water partition coefficient (Wildman–Crippen LogP) is 4.15. The van der Waals surface area contributed by atoms with Crippen LogP contribution in [-0.2, 0) is 4.79 Å². The molecule has 144 valence electrons. The van der Waals surface area contributed by atoms with Gasteiger partial charge in [0, 0.05) is 12.3 Å². The second kappa shape index (κ2) is 10.3. The molecule has 0 amide bonds. The summed E-state index contributed by atoms with van der Waals surface area (Å²) in [5.74, 6) is 1.32. The lowest BCUT2D eigenvalue weighted by molar-refractivity contribution is -0.137. The van der Waals surface area contributed by atoms with Crippen LogP contribution in [0.2, 0.25) is 0 Å². The van der Waals surface area contributed by atoms with Gasteiger partial charge in [0.05, 0.1) is 12.2 Å². The Bertz CT molecular complexity index is 434. The molecule has 3 N–H and O–H groups in total. The summed E-state index contributed by atoms with van der Waals surface area (Å²) in [6.45, 7) is 2.16. The van der Waals surface area contributed by atoms with Crippen LogP contribution in [0.3, 0.4) is 0 Å². The summed E-state index contributed by atoms with van der Waals surface area (Å²) in [6, 6.07) is 0. The first-order valence-corrected chi connectivity index (χ1v) is 10.3. The van der Waals surface area contributed by atoms with Crippen LogP contribution in [0.1, 0.15) is 77.6 Å². The molecule has 0 radical (unpaired) electrons. The van der Waals surface area contributed by atoms with Crippen molar-refractivity contribution in [2.24, 2.45) is 23.7 Å². The molecule has 0 bridgehead atoms. The Morgan fingerprint density at radius 3 is 2.68 bits per heavy atom. The van der Waals surface area contributed by atoms with Crippen molar-refractivity contribution in [1.82, 2.24) is 0 Å². The van der Waals surface area contributed by atoms with Gasteiger partial charge in [0.15, 0.2) is 0 Å². The molecule has 2 rings (SSSR count). The second-order valence-electron chi connectivity index (χ2n) is 8.23. The van der Waals surface area contributed by atoms with Crippen molar-refractivity contribution in [2.45, 2.75) is 89.8 Å². The van der Waals surface area contributed by atoms with Crippen LogP contribution in [-0.4, -0.2) is 33.5 Å². The zero-order valence-electron chi connectivity index (χ0n) is 15.6. The summed E-state index contributed by atoms with van der Waals surface area (Å²) in [6.07, 6.45) is 13.9. The molecule has 4 heteroatoms. The SMILES string of the molecule is CCCCCC(O)/C=C/[C@@H]1[C@H]2CC(CCCCC(=O)O)C[C@H]2C[C@H]1O. The Labute approximate surface area is 152 Å². The number of hydrogen-bond acceptors (Lipinski definition) is 3. The monoisotopic (exact) mass is 352 g/mol. The number of carboxylic acids is 1. The molecule has 2 aliphatic rings. The maximum atomic E-state index is 10.6. The molecule has 4 nitrogen and oxygen atoms in total. The standard InChI is InChI=1S/C21H36O4/c1-2-3-4-8-17(22)10-11-18-19-13-15(7-5-6-9-21(24)25)12-16(19)14-20(18)23/h10-11,15-20,22-23H,2-9,12-14H2,1H3,(H,24,25)/b11-10+/t15?,16-,17?,18+,19-,20+/m0/s1. The third kappa shape index (κ3) is 6.41. The van der Waals surface area contributed by atoms with Gasteiger partial charge in [-0.3, -0.25) is 4.79 Å². The van der Waals surface area contributed by atoms with E-state index in [0.717, 1.165) is 57.8 Å². The molecule has 0 aromatic heterocycles. The molecule has 0 heterocycles. The summed E-state index contributed by atoms with van der Waals surface area (Å²) in [4.78, 5) is 10.6. The molecule has 2 fully saturated rings. The van der Waals surface area contributed by atoms with E-state index >= 15 is 0 Å². The molecular weight excluding hydrogens is 316 g/mol. The maximum absolute atomic E-state index is 10.6. The molecule has 0 aromatic rings. The quantitative estimate of drug-likeness (QED) is 0.385. The Morgan fingerprint density at radius 2 is 1.96 bits per heavy atom. The largest absolute Gasteiger partial charge is 0.481 e. The number of carbonyl (C=O) groups is 1. The van der Waals surface area contributed by atoms with Crippen molar-refractivity contribution in [3.63, 3.8) is 0 Å². The van der Waals surface area contributed by atoms with Crippen LogP contribution in [0.25, 0.3) is 0 Å². The average Bonchev–Trinajstić information content (AvgIpc) is 3.06. The lowest BCUT2D eigenvalue weighted by atomic mass is 9.89. The van der Waals surface area contributed by atoms with E-state index in [4.69, 9.17) is 5.11 Å². The van der Waals surface area contributed by atoms with Crippen LogP contribution < -0.4 is 0 Å². The molecule has 2 aliphatic carbocycles. The molecule has 0 saturated heterocycles. The van der Waals surface area contributed by atoms with Crippen LogP contribution in [0.4, 0.5) is 0 Å². The van der Waals surface area contributed by atoms with Crippen LogP contribution in [0.5, 0.6) is 0 Å². The molecule has 6 atom stereocenters. The number of unbranched alkanes of at least 4 members (excludes halogenated alkanes) is 3. The maximum Gasteiger partial charge on any atom is 0.303 e. The average molecular weight is 353 g/mol. The van der Waals surface area contributed by atoms with Gasteiger partial charge in [-0.25, -0.2) is 0 Å². The van der Waals surface area contributed by atoms with E-state index in [1.54, 1.807) is 0 Å². The van der Waals surface area contributed by atoms with E-state index in [1.165, 1.54) is 6.42 Å². The van der Waals surface area contributed by atoms with Gasteiger partial charge in [-0.05, 0) is 49.9 Å². The Kier molecular flexibility index (Phi) is 8.44. The molecule has 0 aliphatic heterocycles. The van der Waals surface area contributed by atoms with Gasteiger partial charge in [-0.2, -0.15) is 0 Å². The third-order valence-corrected chi connectivity index (χ3v) is 6.24. The fourth-order valence-electron chi connectivity index (χ4n) is 4.94. The van der Waals surface area contributed by atoms with Gasteiger partial charge in [0.25, 0.3) is 0 Å². The molecule has 0 aromatic carbocycles. The minimum atomic E-state index is -0.700. The van der Waals surface area contributed by atoms with Crippen molar-refractivity contribution >= 4 is 5.97 Å². The lowest BCUT2D eigenvalue weighted by Crippen LogP contribution is -2.18. The molecule has 2 unspecified atom stereocenters. The van der Waals surface area contributed by atoms with Gasteiger partial charge in [-0.15, -0.1) is 0 Å². The van der Waals surface area contributed by atoms with Crippen molar-refractivity contribution in [3.05, 3.63) is 12.2 Å². The van der Waals surface area contributed by atoms with Crippen LogP contribution in [0, 0.1) is 23.7 Å². The highest BCUT2D eigenvalue weighted by Gasteiger charge is 2.46. The first kappa shape index (κ1) is 20.4. The van der Waals surface area contributed by atoms with E-state index in [9.17, 15) is 15.0 Å². The summed E-state index contributed by atoms with van der Waals surface area (Å²) < 4.78 is 0. The molecule has 0 spiro atoms. The third-order valence-electron chi connectivity index (χ3n) is 6.24. The second-order valence-corrected chi connectivity index (χ2v) is 8.23. The Balaban J connectivity index is 1.76. The normalized spacial score (nSPS) is 33.0. The van der Waals surface area contributed by atoms with E-state index in [2.05, 4.69) is 13.0 Å². The highest BCUT2D eigenvalue weighted by Crippen LogP contribution is 2.51. The number of aliphatic carboxylic acids is 1. The zero-order valence-corrected chi connectivity index (χ0v) is 15.6. The summed E-state index contributed by atoms with van der Waals surface area (Å²) >= 11 is 0. The van der Waals surface area contributed by atoms with Gasteiger partial charge in [0.2, 0.25) is 0 Å². The highest BCUT2D eigenvalue weighted by atomic mass is 16.4. The van der Waals surface area contributed by atoms with Gasteiger partial charge in [-0.1, -0.05) is 51.2 Å². The summed E-state index contributed by atoms with van der Waals surface area (Å²) in [7, 11) is 0. The minimum Gasteiger partial charge on any atom is -0.481 e. The van der Waals surface area contributed by atoms with E-state index in [1.807, 2.05) is 6.08 Å². The zero-order chi connectivity index (χ0) is 18.2. The van der Waals surface area contributed by atoms with E-state index < -0.39 is 5.97 Å². The Hall–Kier alpha value is -0.870. The molecular formula is C21H36O4. The number of aliphatic hydroxyl groups is 2. The fourth-order valence-corrected chi connectivity index (χ4v) is 4.94. The molecule has 25 heavy (non-hydrogen) atoms. The molecule has 2 saturated carbocycles. The van der Waals surface area contributed by atoms with Crippen LogP contribution in [0.15, 0.2) is 12.2 Å². The number of fused-ring (bicyclic) bond motifs is 1. The van der Waals surface area contributed by atoms with Crippen molar-refractivity contribution in [1.29, 1.82) is 0 Å². The first-order chi connectivity index (χ1) is 12.0. The van der Waals surface area contributed by atoms with Crippen molar-refractivity contribution in [3.8, 4) is 0 Å². The first-order valence-electron chi connectivity index (χ1n) is 10.3. The minimum absolute atomic E-state index is 0.190.